The average Bonchev–Trinajstić information content (AvgIpc) is 3.43. The van der Waals surface area contributed by atoms with Crippen molar-refractivity contribution >= 4 is 11.9 Å². The summed E-state index contributed by atoms with van der Waals surface area (Å²) >= 11 is 0. The number of nitrogens with one attached hydrogen (secondary N) is 1. The van der Waals surface area contributed by atoms with Gasteiger partial charge in [0.25, 0.3) is 0 Å². The first-order chi connectivity index (χ1) is 38.0. The Hall–Kier alpha value is -1.40. The van der Waals surface area contributed by atoms with Crippen molar-refractivity contribution in [1.82, 2.24) is 5.32 Å². The van der Waals surface area contributed by atoms with Crippen LogP contribution < -0.4 is 5.32 Å². The third-order valence-corrected chi connectivity index (χ3v) is 16.8. The number of carbonyl (C=O) groups is 2. The van der Waals surface area contributed by atoms with E-state index in [9.17, 15) is 19.8 Å². The van der Waals surface area contributed by atoms with E-state index in [-0.39, 0.29) is 18.5 Å². The molecule has 0 aromatic rings. The van der Waals surface area contributed by atoms with Crippen molar-refractivity contribution in [3.8, 4) is 0 Å². The maximum absolute atomic E-state index is 12.5. The third kappa shape index (κ3) is 63.6. The second kappa shape index (κ2) is 67.1. The monoisotopic (exact) mass is 1090 g/mol. The summed E-state index contributed by atoms with van der Waals surface area (Å²) in [6, 6.07) is -0.538. The summed E-state index contributed by atoms with van der Waals surface area (Å²) in [6.07, 6.45) is 82.6. The van der Waals surface area contributed by atoms with Crippen LogP contribution in [-0.2, 0) is 14.3 Å². The molecule has 0 radical (unpaired) electrons. The van der Waals surface area contributed by atoms with Crippen molar-refractivity contribution in [3.05, 3.63) is 12.2 Å². The molecule has 0 heterocycles. The van der Waals surface area contributed by atoms with Crippen LogP contribution >= 0.6 is 0 Å². The zero-order valence-electron chi connectivity index (χ0n) is 52.5. The van der Waals surface area contributed by atoms with Gasteiger partial charge < -0.3 is 20.3 Å². The van der Waals surface area contributed by atoms with E-state index in [1.165, 1.54) is 327 Å². The van der Waals surface area contributed by atoms with E-state index in [1.807, 2.05) is 0 Å². The van der Waals surface area contributed by atoms with Gasteiger partial charge in [0.2, 0.25) is 5.91 Å². The van der Waals surface area contributed by atoms with Crippen molar-refractivity contribution in [2.75, 3.05) is 13.2 Å². The van der Waals surface area contributed by atoms with Crippen LogP contribution in [0, 0.1) is 0 Å². The van der Waals surface area contributed by atoms with Gasteiger partial charge in [-0.15, -0.1) is 0 Å². The molecule has 0 fully saturated rings. The molecule has 458 valence electrons. The predicted molar refractivity (Wildman–Crippen MR) is 338 cm³/mol. The van der Waals surface area contributed by atoms with Crippen molar-refractivity contribution in [1.29, 1.82) is 0 Å². The highest BCUT2D eigenvalue weighted by atomic mass is 16.5. The van der Waals surface area contributed by atoms with Gasteiger partial charge in [-0.1, -0.05) is 353 Å². The SMILES string of the molecule is CCCCCC/C=C\CCCCCCCC(=O)OCCCCCCCCCCCCCCCCCCCCCCCCCCCCCCCC(=O)NC(CO)C(O)CCCCCCCCCCCCCCCCCCCC. The summed E-state index contributed by atoms with van der Waals surface area (Å²) in [4.78, 5) is 24.6. The normalized spacial score (nSPS) is 12.5. The number of rotatable bonds is 67. The lowest BCUT2D eigenvalue weighted by Crippen LogP contribution is -2.45. The van der Waals surface area contributed by atoms with Gasteiger partial charge in [-0.2, -0.15) is 0 Å². The van der Waals surface area contributed by atoms with Gasteiger partial charge in [-0.25, -0.2) is 0 Å². The molecular formula is C71H139NO5. The fourth-order valence-electron chi connectivity index (χ4n) is 11.4. The largest absolute Gasteiger partial charge is 0.466 e. The fourth-order valence-corrected chi connectivity index (χ4v) is 11.4. The third-order valence-electron chi connectivity index (χ3n) is 16.8. The maximum Gasteiger partial charge on any atom is 0.305 e. The van der Waals surface area contributed by atoms with E-state index in [1.54, 1.807) is 0 Å². The molecule has 0 saturated heterocycles. The smallest absolute Gasteiger partial charge is 0.305 e. The first-order valence-electron chi connectivity index (χ1n) is 35.4. The topological polar surface area (TPSA) is 95.9 Å². The number of hydrogen-bond acceptors (Lipinski definition) is 5. The molecule has 2 unspecified atom stereocenters. The van der Waals surface area contributed by atoms with Crippen molar-refractivity contribution in [2.45, 2.75) is 418 Å². The van der Waals surface area contributed by atoms with E-state index in [4.69, 9.17) is 4.74 Å². The molecule has 1 amide bonds. The Bertz CT molecular complexity index is 1160. The summed E-state index contributed by atoms with van der Waals surface area (Å²) < 4.78 is 5.48. The number of hydrogen-bond donors (Lipinski definition) is 3. The Balaban J connectivity index is 3.33. The first kappa shape index (κ1) is 75.6. The highest BCUT2D eigenvalue weighted by Gasteiger charge is 2.20. The zero-order valence-corrected chi connectivity index (χ0v) is 52.5. The molecule has 0 aliphatic carbocycles. The molecule has 0 saturated carbocycles. The number of aliphatic hydroxyl groups is 2. The summed E-state index contributed by atoms with van der Waals surface area (Å²) in [6.45, 7) is 4.98. The predicted octanol–water partition coefficient (Wildman–Crippen LogP) is 22.8. The number of esters is 1. The molecular weight excluding hydrogens is 947 g/mol. The van der Waals surface area contributed by atoms with E-state index >= 15 is 0 Å². The zero-order chi connectivity index (χ0) is 55.7. The van der Waals surface area contributed by atoms with Crippen LogP contribution in [-0.4, -0.2) is 47.4 Å². The standard InChI is InChI=1S/C71H139NO5/c1-3-5-7-9-11-13-15-17-18-19-33-36-40-43-47-51-55-59-63-69(74)68(67-73)72-70(75)64-60-56-52-48-44-41-37-34-31-29-27-25-23-21-20-22-24-26-28-30-32-35-38-42-46-50-54-58-62-66-77-71(76)65-61-57-53-49-45-39-16-14-12-10-8-6-4-2/h14,16,68-69,73-74H,3-13,15,17-67H2,1-2H3,(H,72,75)/b16-14-. The Morgan fingerprint density at radius 3 is 0.935 bits per heavy atom. The first-order valence-corrected chi connectivity index (χ1v) is 35.4. The van der Waals surface area contributed by atoms with Gasteiger partial charge in [0, 0.05) is 12.8 Å². The second-order valence-corrected chi connectivity index (χ2v) is 24.6. The number of aliphatic hydroxyl groups excluding tert-OH is 2. The molecule has 6 heteroatoms. The summed E-state index contributed by atoms with van der Waals surface area (Å²) in [5, 5.41) is 23.4. The highest BCUT2D eigenvalue weighted by molar-refractivity contribution is 5.76. The van der Waals surface area contributed by atoms with Gasteiger partial charge in [0.15, 0.2) is 0 Å². The van der Waals surface area contributed by atoms with Crippen molar-refractivity contribution in [3.63, 3.8) is 0 Å². The number of amides is 1. The van der Waals surface area contributed by atoms with E-state index < -0.39 is 12.1 Å². The Labute approximate surface area is 482 Å². The number of ether oxygens (including phenoxy) is 1. The van der Waals surface area contributed by atoms with Crippen LogP contribution in [0.15, 0.2) is 12.2 Å². The van der Waals surface area contributed by atoms with Crippen LogP contribution in [0.5, 0.6) is 0 Å². The van der Waals surface area contributed by atoms with E-state index in [0.29, 0.717) is 25.9 Å². The Morgan fingerprint density at radius 2 is 0.610 bits per heavy atom. The van der Waals surface area contributed by atoms with Crippen LogP contribution in [0.2, 0.25) is 0 Å². The molecule has 0 rings (SSSR count). The average molecular weight is 1090 g/mol. The number of allylic oxidation sites excluding steroid dienone is 2. The molecule has 0 aromatic carbocycles. The Kier molecular flexibility index (Phi) is 65.9. The van der Waals surface area contributed by atoms with Crippen molar-refractivity contribution < 1.29 is 24.5 Å². The molecule has 0 aliphatic rings. The summed E-state index contributed by atoms with van der Waals surface area (Å²) in [5.41, 5.74) is 0. The van der Waals surface area contributed by atoms with E-state index in [2.05, 4.69) is 31.3 Å². The van der Waals surface area contributed by atoms with Gasteiger partial charge >= 0.3 is 5.97 Å². The minimum Gasteiger partial charge on any atom is -0.466 e. The molecule has 2 atom stereocenters. The lowest BCUT2D eigenvalue weighted by atomic mass is 10.0. The van der Waals surface area contributed by atoms with Gasteiger partial charge in [0.05, 0.1) is 25.4 Å². The Morgan fingerprint density at radius 1 is 0.351 bits per heavy atom. The molecule has 0 aromatic heterocycles. The highest BCUT2D eigenvalue weighted by Crippen LogP contribution is 2.19. The minimum absolute atomic E-state index is 0.0111. The quantitative estimate of drug-likeness (QED) is 0.0320. The van der Waals surface area contributed by atoms with Gasteiger partial charge in [-0.3, -0.25) is 9.59 Å². The minimum atomic E-state index is -0.661. The second-order valence-electron chi connectivity index (χ2n) is 24.6. The lowest BCUT2D eigenvalue weighted by molar-refractivity contribution is -0.143. The lowest BCUT2D eigenvalue weighted by Gasteiger charge is -2.22. The molecule has 77 heavy (non-hydrogen) atoms. The van der Waals surface area contributed by atoms with Crippen LogP contribution in [0.25, 0.3) is 0 Å². The fraction of sp³-hybridized carbons (Fsp3) is 0.944. The molecule has 0 aliphatic heterocycles. The molecule has 3 N–H and O–H groups in total. The summed E-state index contributed by atoms with van der Waals surface area (Å²) in [7, 11) is 0. The van der Waals surface area contributed by atoms with Crippen molar-refractivity contribution in [2.24, 2.45) is 0 Å². The van der Waals surface area contributed by atoms with Crippen LogP contribution in [0.1, 0.15) is 406 Å². The maximum atomic E-state index is 12.5. The van der Waals surface area contributed by atoms with Gasteiger partial charge in [0.1, 0.15) is 0 Å². The molecule has 0 spiro atoms. The molecule has 6 nitrogen and oxygen atoms in total. The van der Waals surface area contributed by atoms with Gasteiger partial charge in [-0.05, 0) is 51.4 Å². The van der Waals surface area contributed by atoms with Crippen LogP contribution in [0.4, 0.5) is 0 Å². The number of carbonyl (C=O) groups excluding carboxylic acids is 2. The van der Waals surface area contributed by atoms with E-state index in [0.717, 1.165) is 44.9 Å². The molecule has 0 bridgehead atoms. The van der Waals surface area contributed by atoms with Crippen LogP contribution in [0.3, 0.4) is 0 Å². The number of unbranched alkanes of at least 4 members (excludes halogenated alkanes) is 54. The summed E-state index contributed by atoms with van der Waals surface area (Å²) in [5.74, 6) is -0.0160.